The molecule has 2 aromatic carbocycles. The smallest absolute Gasteiger partial charge is 0.303 e. The molecule has 7 amide bonds. The van der Waals surface area contributed by atoms with Gasteiger partial charge in [-0.3, -0.25) is 57.5 Å². The number of nitrogens with zero attached hydrogens (tertiary/aromatic N) is 2. The lowest BCUT2D eigenvalue weighted by atomic mass is 9.82. The maximum absolute atomic E-state index is 15.4. The second kappa shape index (κ2) is 32.1. The van der Waals surface area contributed by atoms with Gasteiger partial charge < -0.3 is 57.1 Å². The monoisotopic (exact) mass is 1140 g/mol. The molecule has 1 aromatic heterocycles. The summed E-state index contributed by atoms with van der Waals surface area (Å²) in [5.41, 5.74) is 5.90. The van der Waals surface area contributed by atoms with E-state index in [0.717, 1.165) is 23.8 Å². The molecule has 0 saturated heterocycles. The standard InChI is InChI=1S/C56H74F2N8O15/c1-32(25-46(71)33(2)61-34(3)68)53(79)64-43(28-47(59)72)55(81)63-42(54(80)60-23-10-13-45(70)41(18-21-51(77)78)62-48(73)19-15-38(69)16-20-50(75)76)22-24-66(49(74)31-67)52(56(4,5)6)44-26-36(39-27-37(57)14-17-40(39)58)30-65(44)29-35-11-8-7-9-12-35/h7-9,11-12,14,17,26-27,30,32-33,41-43,52,67H,10,13,15-16,18-25,28-29,31H2,1-6H3,(H2,59,72)(H,60,80)(H,61,68)(H,62,73)(H,63,81)(H,64,79)(H,75,76)(H,77,78)/t32-,33-,41+,42-,43-,52-/m0/s1. The van der Waals surface area contributed by atoms with Gasteiger partial charge in [0.2, 0.25) is 41.4 Å². The van der Waals surface area contributed by atoms with Crippen LogP contribution in [0.4, 0.5) is 8.78 Å². The molecule has 3 aromatic rings. The first-order valence-corrected chi connectivity index (χ1v) is 26.3. The van der Waals surface area contributed by atoms with Crippen LogP contribution in [0.2, 0.25) is 0 Å². The number of carboxylic acids is 2. The third-order valence-electron chi connectivity index (χ3n) is 12.9. The van der Waals surface area contributed by atoms with E-state index >= 15 is 4.39 Å². The minimum atomic E-state index is -1.74. The van der Waals surface area contributed by atoms with E-state index in [1.165, 1.54) is 25.7 Å². The molecule has 81 heavy (non-hydrogen) atoms. The zero-order valence-electron chi connectivity index (χ0n) is 46.3. The topological polar surface area (TPSA) is 360 Å². The van der Waals surface area contributed by atoms with Crippen molar-refractivity contribution in [1.29, 1.82) is 0 Å². The van der Waals surface area contributed by atoms with Crippen LogP contribution >= 0.6 is 0 Å². The van der Waals surface area contributed by atoms with Crippen LogP contribution in [0.5, 0.6) is 0 Å². The average molecular weight is 1140 g/mol. The number of aliphatic hydroxyl groups excluding tert-OH is 1. The normalized spacial score (nSPS) is 13.4. The molecule has 0 aliphatic rings. The Morgan fingerprint density at radius 2 is 1.35 bits per heavy atom. The summed E-state index contributed by atoms with van der Waals surface area (Å²) in [6.07, 6.45) is -2.88. The van der Waals surface area contributed by atoms with Crippen molar-refractivity contribution >= 4 is 70.6 Å². The summed E-state index contributed by atoms with van der Waals surface area (Å²) in [6, 6.07) is 6.91. The number of benzene rings is 2. The molecule has 0 saturated carbocycles. The summed E-state index contributed by atoms with van der Waals surface area (Å²) in [7, 11) is 0. The van der Waals surface area contributed by atoms with Crippen LogP contribution in [0.15, 0.2) is 60.8 Å². The van der Waals surface area contributed by atoms with Gasteiger partial charge in [0, 0.05) is 94.0 Å². The number of Topliss-reactive ketones (excluding diaryl/α,β-unsaturated/α-hetero) is 3. The van der Waals surface area contributed by atoms with Crippen molar-refractivity contribution in [2.45, 2.75) is 149 Å². The number of aliphatic hydroxyl groups is 1. The van der Waals surface area contributed by atoms with Gasteiger partial charge in [0.25, 0.3) is 0 Å². The number of ketones is 3. The molecule has 0 spiro atoms. The van der Waals surface area contributed by atoms with Crippen molar-refractivity contribution in [1.82, 2.24) is 36.1 Å². The van der Waals surface area contributed by atoms with Gasteiger partial charge in [0.1, 0.15) is 36.1 Å². The number of hydrogen-bond donors (Lipinski definition) is 9. The number of carbonyl (C=O) groups excluding carboxylic acids is 10. The first-order valence-electron chi connectivity index (χ1n) is 26.3. The van der Waals surface area contributed by atoms with Crippen LogP contribution in [-0.4, -0.2) is 139 Å². The van der Waals surface area contributed by atoms with Gasteiger partial charge in [-0.25, -0.2) is 8.78 Å². The number of carboxylic acid groups (broad SMARTS) is 2. The number of halogens is 2. The Morgan fingerprint density at radius 3 is 1.95 bits per heavy atom. The van der Waals surface area contributed by atoms with Gasteiger partial charge in [-0.2, -0.15) is 0 Å². The Balaban J connectivity index is 2.03. The lowest BCUT2D eigenvalue weighted by Crippen LogP contribution is -2.56. The van der Waals surface area contributed by atoms with Gasteiger partial charge in [0.15, 0.2) is 11.6 Å². The summed E-state index contributed by atoms with van der Waals surface area (Å²) in [4.78, 5) is 155. The molecular formula is C56H74F2N8O15. The fourth-order valence-electron chi connectivity index (χ4n) is 8.83. The maximum Gasteiger partial charge on any atom is 0.303 e. The van der Waals surface area contributed by atoms with Crippen molar-refractivity contribution in [3.8, 4) is 11.1 Å². The third kappa shape index (κ3) is 22.8. The van der Waals surface area contributed by atoms with Crippen LogP contribution in [-0.2, 0) is 64.1 Å². The van der Waals surface area contributed by atoms with E-state index in [2.05, 4.69) is 26.6 Å². The van der Waals surface area contributed by atoms with E-state index in [4.69, 9.17) is 10.8 Å². The summed E-state index contributed by atoms with van der Waals surface area (Å²) in [6.45, 7) is 7.73. The van der Waals surface area contributed by atoms with Crippen molar-refractivity contribution < 1.29 is 81.6 Å². The SMILES string of the molecule is CC(=O)N[C@@H](C)C(=O)C[C@H](C)C(=O)N[C@@H](CC(N)=O)C(=O)N[C@@H](CCN(C(=O)CO)[C@@H](c1cc(-c2cc(F)ccc2F)cn1Cc1ccccc1)C(C)(C)C)C(=O)NCCCC(=O)[C@@H](CCC(=O)O)NC(=O)CCC(=O)CCC(=O)O. The van der Waals surface area contributed by atoms with Crippen molar-refractivity contribution in [2.24, 2.45) is 17.1 Å². The lowest BCUT2D eigenvalue weighted by molar-refractivity contribution is -0.140. The quantitative estimate of drug-likeness (QED) is 0.0383. The molecule has 25 heteroatoms. The number of nitrogens with two attached hydrogens (primary N) is 1. The first kappa shape index (κ1) is 67.1. The highest BCUT2D eigenvalue weighted by Crippen LogP contribution is 2.41. The Labute approximate surface area is 467 Å². The Hall–Kier alpha value is -8.22. The van der Waals surface area contributed by atoms with Crippen LogP contribution in [0.25, 0.3) is 11.1 Å². The highest BCUT2D eigenvalue weighted by Gasteiger charge is 2.39. The van der Waals surface area contributed by atoms with Gasteiger partial charge in [-0.05, 0) is 61.4 Å². The number of rotatable bonds is 35. The zero-order chi connectivity index (χ0) is 60.7. The Morgan fingerprint density at radius 1 is 0.704 bits per heavy atom. The summed E-state index contributed by atoms with van der Waals surface area (Å²) >= 11 is 0. The van der Waals surface area contributed by atoms with Crippen LogP contribution in [0.3, 0.4) is 0 Å². The van der Waals surface area contributed by atoms with Gasteiger partial charge >= 0.3 is 11.9 Å². The highest BCUT2D eigenvalue weighted by atomic mass is 19.1. The van der Waals surface area contributed by atoms with Crippen molar-refractivity contribution in [3.05, 3.63) is 83.7 Å². The van der Waals surface area contributed by atoms with E-state index in [1.54, 1.807) is 55.8 Å². The average Bonchev–Trinajstić information content (AvgIpc) is 4.07. The maximum atomic E-state index is 15.4. The van der Waals surface area contributed by atoms with Crippen LogP contribution in [0, 0.1) is 23.0 Å². The molecule has 0 unspecified atom stereocenters. The number of nitrogens with one attached hydrogen (secondary N) is 5. The van der Waals surface area contributed by atoms with Crippen molar-refractivity contribution in [2.75, 3.05) is 19.7 Å². The van der Waals surface area contributed by atoms with E-state index in [1.807, 2.05) is 12.1 Å². The third-order valence-corrected chi connectivity index (χ3v) is 12.9. The van der Waals surface area contributed by atoms with Gasteiger partial charge in [-0.15, -0.1) is 0 Å². The summed E-state index contributed by atoms with van der Waals surface area (Å²) in [5, 5.41) is 41.0. The van der Waals surface area contributed by atoms with E-state index in [-0.39, 0.29) is 56.3 Å². The molecule has 10 N–H and O–H groups in total. The number of aliphatic carboxylic acids is 2. The number of aromatic nitrogens is 1. The Kier molecular flexibility index (Phi) is 26.6. The predicted octanol–water partition coefficient (Wildman–Crippen LogP) is 2.77. The van der Waals surface area contributed by atoms with Gasteiger partial charge in [0.05, 0.1) is 31.0 Å². The lowest BCUT2D eigenvalue weighted by Gasteiger charge is -2.41. The number of carbonyl (C=O) groups is 12. The fraction of sp³-hybridized carbons (Fsp3) is 0.500. The van der Waals surface area contributed by atoms with Gasteiger partial charge in [-0.1, -0.05) is 58.0 Å². The molecule has 0 fully saturated rings. The number of amides is 7. The summed E-state index contributed by atoms with van der Waals surface area (Å²) in [5.74, 6) is -12.8. The molecular weight excluding hydrogens is 1060 g/mol. The van der Waals surface area contributed by atoms with Crippen LogP contribution < -0.4 is 32.3 Å². The van der Waals surface area contributed by atoms with E-state index in [9.17, 15) is 72.1 Å². The molecule has 0 aliphatic heterocycles. The zero-order valence-corrected chi connectivity index (χ0v) is 46.3. The largest absolute Gasteiger partial charge is 0.481 e. The minimum Gasteiger partial charge on any atom is -0.481 e. The molecule has 23 nitrogen and oxygen atoms in total. The minimum absolute atomic E-state index is 0.0880. The first-order chi connectivity index (χ1) is 38.0. The van der Waals surface area contributed by atoms with E-state index < -0.39 is 175 Å². The van der Waals surface area contributed by atoms with E-state index in [0.29, 0.717) is 5.69 Å². The predicted molar refractivity (Wildman–Crippen MR) is 288 cm³/mol. The molecule has 0 aliphatic carbocycles. The molecule has 6 atom stereocenters. The molecule has 1 heterocycles. The molecule has 3 rings (SSSR count). The number of primary amides is 1. The molecule has 0 radical (unpaired) electrons. The van der Waals surface area contributed by atoms with Crippen molar-refractivity contribution in [3.63, 3.8) is 0 Å². The fourth-order valence-corrected chi connectivity index (χ4v) is 8.83. The molecule has 442 valence electrons. The molecule has 0 bridgehead atoms. The Bertz CT molecular complexity index is 2760. The summed E-state index contributed by atoms with van der Waals surface area (Å²) < 4.78 is 31.8. The second-order valence-corrected chi connectivity index (χ2v) is 20.8. The highest BCUT2D eigenvalue weighted by molar-refractivity contribution is 5.97. The van der Waals surface area contributed by atoms with Crippen LogP contribution in [0.1, 0.15) is 129 Å². The number of hydrogen-bond acceptors (Lipinski definition) is 13. The second-order valence-electron chi connectivity index (χ2n) is 20.8.